The number of carbonyl (C=O) groups is 4. The maximum atomic E-state index is 13.1. The number of aliphatic hydroxyl groups excluding tert-OH is 2. The summed E-state index contributed by atoms with van der Waals surface area (Å²) in [6.07, 6.45) is 48.4. The smallest absolute Gasteiger partial charge is 0.335 e. The highest BCUT2D eigenvalue weighted by atomic mass is 16.7. The van der Waals surface area contributed by atoms with Crippen molar-refractivity contribution in [3.8, 4) is 0 Å². The maximum Gasteiger partial charge on any atom is 0.335 e. The van der Waals surface area contributed by atoms with Crippen LogP contribution in [0.2, 0.25) is 0 Å². The number of esters is 3. The number of hydrogen-bond acceptors (Lipinski definition) is 11. The molecule has 402 valence electrons. The van der Waals surface area contributed by atoms with Gasteiger partial charge in [-0.1, -0.05) is 195 Å². The first-order valence-electron chi connectivity index (χ1n) is 27.2. The number of aliphatic hydroxyl groups is 2. The topological polar surface area (TPSA) is 175 Å². The molecular weight excluding hydrogens is 901 g/mol. The van der Waals surface area contributed by atoms with Gasteiger partial charge in [-0.2, -0.15) is 0 Å². The molecule has 0 radical (unpaired) electrons. The van der Waals surface area contributed by atoms with Crippen molar-refractivity contribution in [1.29, 1.82) is 0 Å². The first-order valence-corrected chi connectivity index (χ1v) is 27.2. The fourth-order valence-electron chi connectivity index (χ4n) is 7.55. The molecular formula is C59H94O12. The molecule has 0 saturated carbocycles. The van der Waals surface area contributed by atoms with E-state index in [0.29, 0.717) is 25.7 Å². The second-order valence-electron chi connectivity index (χ2n) is 18.1. The Balaban J connectivity index is 2.79. The summed E-state index contributed by atoms with van der Waals surface area (Å²) in [5.41, 5.74) is 0. The zero-order valence-electron chi connectivity index (χ0n) is 43.9. The summed E-state index contributed by atoms with van der Waals surface area (Å²) in [5.74, 6) is -3.29. The number of rotatable bonds is 44. The van der Waals surface area contributed by atoms with Gasteiger partial charge in [0.05, 0.1) is 6.61 Å². The highest BCUT2D eigenvalue weighted by molar-refractivity contribution is 5.74. The van der Waals surface area contributed by atoms with Crippen LogP contribution in [-0.4, -0.2) is 89.2 Å². The summed E-state index contributed by atoms with van der Waals surface area (Å²) in [7, 11) is 0. The maximum absolute atomic E-state index is 13.1. The summed E-state index contributed by atoms with van der Waals surface area (Å²) in [4.78, 5) is 50.9. The molecule has 1 saturated heterocycles. The van der Waals surface area contributed by atoms with Crippen LogP contribution >= 0.6 is 0 Å². The van der Waals surface area contributed by atoms with E-state index < -0.39 is 67.3 Å². The van der Waals surface area contributed by atoms with Gasteiger partial charge in [0.2, 0.25) is 0 Å². The van der Waals surface area contributed by atoms with Crippen LogP contribution in [0, 0.1) is 0 Å². The van der Waals surface area contributed by atoms with E-state index in [0.717, 1.165) is 77.0 Å². The van der Waals surface area contributed by atoms with Crippen molar-refractivity contribution in [1.82, 2.24) is 0 Å². The molecule has 12 heteroatoms. The molecule has 0 spiro atoms. The van der Waals surface area contributed by atoms with Gasteiger partial charge in [-0.05, 0) is 83.5 Å². The minimum absolute atomic E-state index is 0.0680. The number of aliphatic carboxylic acids is 1. The Morgan fingerprint density at radius 2 is 0.915 bits per heavy atom. The predicted molar refractivity (Wildman–Crippen MR) is 284 cm³/mol. The fraction of sp³-hybridized carbons (Fsp3) is 0.661. The minimum Gasteiger partial charge on any atom is -0.479 e. The van der Waals surface area contributed by atoms with Crippen molar-refractivity contribution in [2.45, 2.75) is 237 Å². The lowest BCUT2D eigenvalue weighted by Crippen LogP contribution is -2.61. The highest BCUT2D eigenvalue weighted by Gasteiger charge is 2.50. The van der Waals surface area contributed by atoms with Gasteiger partial charge >= 0.3 is 23.9 Å². The Kier molecular flexibility index (Phi) is 42.5. The molecule has 0 amide bonds. The molecule has 12 nitrogen and oxygen atoms in total. The number of unbranched alkanes of at least 4 members (excludes halogenated alkanes) is 14. The van der Waals surface area contributed by atoms with Gasteiger partial charge in [0.25, 0.3) is 0 Å². The van der Waals surface area contributed by atoms with Gasteiger partial charge in [-0.15, -0.1) is 0 Å². The zero-order valence-corrected chi connectivity index (χ0v) is 43.9. The molecule has 6 atom stereocenters. The normalized spacial score (nSPS) is 19.3. The number of carboxylic acid groups (broad SMARTS) is 1. The third-order valence-corrected chi connectivity index (χ3v) is 11.7. The molecule has 0 aromatic carbocycles. The lowest BCUT2D eigenvalue weighted by atomic mass is 9.98. The molecule has 1 fully saturated rings. The quantitative estimate of drug-likeness (QED) is 0.0228. The van der Waals surface area contributed by atoms with Crippen LogP contribution in [0.4, 0.5) is 0 Å². The number of carbonyl (C=O) groups excluding carboxylic acids is 3. The summed E-state index contributed by atoms with van der Waals surface area (Å²) in [5, 5.41) is 31.3. The number of hydrogen-bond donors (Lipinski definition) is 3. The summed E-state index contributed by atoms with van der Waals surface area (Å²) < 4.78 is 28.2. The van der Waals surface area contributed by atoms with E-state index in [9.17, 15) is 34.5 Å². The third-order valence-electron chi connectivity index (χ3n) is 11.7. The van der Waals surface area contributed by atoms with Gasteiger partial charge < -0.3 is 39.0 Å². The standard InChI is InChI=1S/C59H94O12/c1-4-7-10-13-16-19-22-25-26-29-30-33-36-39-42-45-51(60)67-48-50(69-52(61)46-43-40-37-34-31-27-23-20-17-14-11-8-5-2)49-68-59-57(55(64)54(63)56(71-59)58(65)66)70-53(62)47-44-41-38-35-32-28-24-21-18-15-12-9-6-3/h7,9-10,12,16,18-19,21,25-26,28,30,32-33,38,41,50,54-57,59,63-64H,4-6,8,11,13-15,17,20,22-24,27,29,31,34-37,39-40,42-49H2,1-3H3,(H,65,66)/b10-7-,12-9-,19-16-,21-18-,26-25-,32-28-,33-30-,41-38-. The average molecular weight is 995 g/mol. The van der Waals surface area contributed by atoms with E-state index in [2.05, 4.69) is 99.8 Å². The Morgan fingerprint density at radius 1 is 0.479 bits per heavy atom. The molecule has 1 rings (SSSR count). The molecule has 0 aromatic rings. The summed E-state index contributed by atoms with van der Waals surface area (Å²) in [6.45, 7) is 5.66. The van der Waals surface area contributed by atoms with E-state index in [-0.39, 0.29) is 25.9 Å². The van der Waals surface area contributed by atoms with Crippen molar-refractivity contribution in [3.63, 3.8) is 0 Å². The second kappa shape index (κ2) is 46.7. The van der Waals surface area contributed by atoms with Crippen LogP contribution in [-0.2, 0) is 42.9 Å². The Labute approximate surface area is 428 Å². The molecule has 0 aromatic heterocycles. The van der Waals surface area contributed by atoms with Crippen molar-refractivity contribution < 1.29 is 58.2 Å². The van der Waals surface area contributed by atoms with Gasteiger partial charge in [0.1, 0.15) is 18.8 Å². The molecule has 0 bridgehead atoms. The predicted octanol–water partition coefficient (Wildman–Crippen LogP) is 13.3. The fourth-order valence-corrected chi connectivity index (χ4v) is 7.55. The number of ether oxygens (including phenoxy) is 5. The van der Waals surface area contributed by atoms with Crippen LogP contribution in [0.3, 0.4) is 0 Å². The zero-order chi connectivity index (χ0) is 51.8. The van der Waals surface area contributed by atoms with E-state index in [1.54, 1.807) is 0 Å². The first kappa shape index (κ1) is 64.7. The first-order chi connectivity index (χ1) is 34.6. The molecule has 3 N–H and O–H groups in total. The van der Waals surface area contributed by atoms with Crippen molar-refractivity contribution in [2.24, 2.45) is 0 Å². The number of carboxylic acids is 1. The van der Waals surface area contributed by atoms with E-state index >= 15 is 0 Å². The molecule has 1 heterocycles. The van der Waals surface area contributed by atoms with E-state index in [1.165, 1.54) is 57.8 Å². The molecule has 1 aliphatic heterocycles. The number of allylic oxidation sites excluding steroid dienone is 16. The Bertz CT molecular complexity index is 1610. The second-order valence-corrected chi connectivity index (χ2v) is 18.1. The SMILES string of the molecule is CC/C=C\C/C=C\C/C=C\C/C=C\CCCCC(=O)OCC(COC1OC(C(=O)O)C(O)C(O)C1OC(=O)CC/C=C\C/C=C\C/C=C\C/C=C\CC)OC(=O)CCCCCCCCCCCCCCC. The third kappa shape index (κ3) is 37.1. The van der Waals surface area contributed by atoms with Gasteiger partial charge in [-0.3, -0.25) is 14.4 Å². The molecule has 0 aliphatic carbocycles. The van der Waals surface area contributed by atoms with Crippen LogP contribution in [0.5, 0.6) is 0 Å². The lowest BCUT2D eigenvalue weighted by molar-refractivity contribution is -0.301. The Hall–Kier alpha value is -4.36. The summed E-state index contributed by atoms with van der Waals surface area (Å²) >= 11 is 0. The average Bonchev–Trinajstić information content (AvgIpc) is 3.35. The summed E-state index contributed by atoms with van der Waals surface area (Å²) in [6, 6.07) is 0. The van der Waals surface area contributed by atoms with Crippen molar-refractivity contribution >= 4 is 23.9 Å². The molecule has 6 unspecified atom stereocenters. The van der Waals surface area contributed by atoms with Gasteiger partial charge in [0, 0.05) is 19.3 Å². The molecule has 1 aliphatic rings. The molecule has 71 heavy (non-hydrogen) atoms. The van der Waals surface area contributed by atoms with Crippen LogP contribution in [0.15, 0.2) is 97.2 Å². The van der Waals surface area contributed by atoms with E-state index in [1.807, 2.05) is 18.2 Å². The van der Waals surface area contributed by atoms with Crippen LogP contribution in [0.1, 0.15) is 201 Å². The monoisotopic (exact) mass is 995 g/mol. The van der Waals surface area contributed by atoms with Crippen molar-refractivity contribution in [3.05, 3.63) is 97.2 Å². The Morgan fingerprint density at radius 3 is 1.41 bits per heavy atom. The highest BCUT2D eigenvalue weighted by Crippen LogP contribution is 2.26. The van der Waals surface area contributed by atoms with Gasteiger partial charge in [0.15, 0.2) is 24.6 Å². The van der Waals surface area contributed by atoms with E-state index in [4.69, 9.17) is 23.7 Å². The van der Waals surface area contributed by atoms with Crippen molar-refractivity contribution in [2.75, 3.05) is 13.2 Å². The van der Waals surface area contributed by atoms with Crippen LogP contribution in [0.25, 0.3) is 0 Å². The lowest BCUT2D eigenvalue weighted by Gasteiger charge is -2.40. The van der Waals surface area contributed by atoms with Crippen LogP contribution < -0.4 is 0 Å². The minimum atomic E-state index is -1.93. The van der Waals surface area contributed by atoms with Gasteiger partial charge in [-0.25, -0.2) is 4.79 Å². The largest absolute Gasteiger partial charge is 0.479 e.